The lowest BCUT2D eigenvalue weighted by molar-refractivity contribution is -0.124. The van der Waals surface area contributed by atoms with Crippen LogP contribution in [-0.2, 0) is 11.2 Å². The predicted molar refractivity (Wildman–Crippen MR) is 132 cm³/mol. The van der Waals surface area contributed by atoms with Crippen molar-refractivity contribution in [2.24, 2.45) is 0 Å². The van der Waals surface area contributed by atoms with Gasteiger partial charge in [-0.25, -0.2) is 4.98 Å². The Morgan fingerprint density at radius 3 is 2.75 bits per heavy atom. The third kappa shape index (κ3) is 5.14. The zero-order valence-electron chi connectivity index (χ0n) is 18.2. The molecular formula is C24H26N4O2S2. The molecule has 4 rings (SSSR count). The van der Waals surface area contributed by atoms with Gasteiger partial charge in [0.1, 0.15) is 11.0 Å². The first-order valence-corrected chi connectivity index (χ1v) is 12.5. The van der Waals surface area contributed by atoms with Crippen molar-refractivity contribution in [1.82, 2.24) is 15.2 Å². The van der Waals surface area contributed by atoms with Crippen molar-refractivity contribution in [3.63, 3.8) is 0 Å². The Labute approximate surface area is 196 Å². The summed E-state index contributed by atoms with van der Waals surface area (Å²) in [4.78, 5) is 34.2. The molecule has 2 aromatic carbocycles. The largest absolute Gasteiger partial charge is 0.378 e. The summed E-state index contributed by atoms with van der Waals surface area (Å²) in [6, 6.07) is 17.1. The van der Waals surface area contributed by atoms with E-state index >= 15 is 0 Å². The summed E-state index contributed by atoms with van der Waals surface area (Å²) in [5.74, 6) is 0.923. The number of rotatable bonds is 7. The molecule has 2 heterocycles. The van der Waals surface area contributed by atoms with E-state index < -0.39 is 6.04 Å². The van der Waals surface area contributed by atoms with Crippen molar-refractivity contribution in [3.05, 3.63) is 71.2 Å². The van der Waals surface area contributed by atoms with Gasteiger partial charge in [-0.1, -0.05) is 36.4 Å². The van der Waals surface area contributed by atoms with Gasteiger partial charge < -0.3 is 15.1 Å². The van der Waals surface area contributed by atoms with Crippen molar-refractivity contribution in [3.8, 4) is 10.6 Å². The lowest BCUT2D eigenvalue weighted by Gasteiger charge is -2.23. The zero-order valence-corrected chi connectivity index (χ0v) is 19.8. The van der Waals surface area contributed by atoms with Crippen LogP contribution < -0.4 is 10.2 Å². The summed E-state index contributed by atoms with van der Waals surface area (Å²) in [5.41, 5.74) is 3.63. The molecule has 0 radical (unpaired) electrons. The maximum atomic E-state index is 13.1. The van der Waals surface area contributed by atoms with Crippen LogP contribution in [0.15, 0.2) is 60.0 Å². The molecule has 1 unspecified atom stereocenters. The van der Waals surface area contributed by atoms with Gasteiger partial charge in [-0.05, 0) is 18.2 Å². The third-order valence-electron chi connectivity index (χ3n) is 5.31. The number of hydrogen-bond acceptors (Lipinski definition) is 6. The van der Waals surface area contributed by atoms with Gasteiger partial charge >= 0.3 is 0 Å². The molecule has 1 fully saturated rings. The Kier molecular flexibility index (Phi) is 7.12. The SMILES string of the molecule is CN(C)c1cccc(C(=O)N2CSCC2C(=O)NCCc2csc(-c3ccccc3)n2)c1. The molecule has 0 bridgehead atoms. The zero-order chi connectivity index (χ0) is 22.5. The van der Waals surface area contributed by atoms with Crippen molar-refractivity contribution in [1.29, 1.82) is 0 Å². The molecule has 6 nitrogen and oxygen atoms in total. The molecule has 2 amide bonds. The topological polar surface area (TPSA) is 65.5 Å². The van der Waals surface area contributed by atoms with Gasteiger partial charge in [0.05, 0.1) is 11.6 Å². The maximum Gasteiger partial charge on any atom is 0.255 e. The maximum absolute atomic E-state index is 13.1. The lowest BCUT2D eigenvalue weighted by atomic mass is 10.1. The number of anilines is 1. The average Bonchev–Trinajstić information content (AvgIpc) is 3.49. The van der Waals surface area contributed by atoms with Crippen LogP contribution in [0.2, 0.25) is 0 Å². The van der Waals surface area contributed by atoms with Crippen LogP contribution >= 0.6 is 23.1 Å². The Hall–Kier alpha value is -2.84. The number of hydrogen-bond donors (Lipinski definition) is 1. The van der Waals surface area contributed by atoms with Crippen LogP contribution in [0.25, 0.3) is 10.6 Å². The van der Waals surface area contributed by atoms with E-state index in [4.69, 9.17) is 0 Å². The molecule has 0 spiro atoms. The summed E-state index contributed by atoms with van der Waals surface area (Å²) in [7, 11) is 3.88. The number of thiazole rings is 1. The molecule has 3 aromatic rings. The molecule has 8 heteroatoms. The average molecular weight is 467 g/mol. The first kappa shape index (κ1) is 22.4. The fourth-order valence-corrected chi connectivity index (χ4v) is 5.52. The molecular weight excluding hydrogens is 440 g/mol. The summed E-state index contributed by atoms with van der Waals surface area (Å²) >= 11 is 3.21. The van der Waals surface area contributed by atoms with Crippen molar-refractivity contribution in [2.75, 3.05) is 37.2 Å². The third-order valence-corrected chi connectivity index (χ3v) is 7.26. The fourth-order valence-electron chi connectivity index (χ4n) is 3.51. The van der Waals surface area contributed by atoms with Crippen LogP contribution in [0.3, 0.4) is 0 Å². The van der Waals surface area contributed by atoms with E-state index in [2.05, 4.69) is 10.3 Å². The van der Waals surface area contributed by atoms with E-state index in [1.54, 1.807) is 34.1 Å². The highest BCUT2D eigenvalue weighted by Crippen LogP contribution is 2.25. The van der Waals surface area contributed by atoms with Crippen LogP contribution in [0.5, 0.6) is 0 Å². The molecule has 0 saturated carbocycles. The van der Waals surface area contributed by atoms with Gasteiger partial charge in [-0.2, -0.15) is 0 Å². The van der Waals surface area contributed by atoms with E-state index in [-0.39, 0.29) is 11.8 Å². The standard InChI is InChI=1S/C24H26N4O2S2/c1-27(2)20-10-6-9-18(13-20)24(30)28-16-31-15-21(28)22(29)25-12-11-19-14-32-23(26-19)17-7-4-3-5-8-17/h3-10,13-14,21H,11-12,15-16H2,1-2H3,(H,25,29). The molecule has 1 aliphatic heterocycles. The van der Waals surface area contributed by atoms with Gasteiger partial charge in [-0.15, -0.1) is 23.1 Å². The minimum atomic E-state index is -0.453. The normalized spacial score (nSPS) is 15.6. The summed E-state index contributed by atoms with van der Waals surface area (Å²) in [6.07, 6.45) is 0.660. The number of aromatic nitrogens is 1. The fraction of sp³-hybridized carbons (Fsp3) is 0.292. The molecule has 1 aliphatic rings. The minimum Gasteiger partial charge on any atom is -0.378 e. The monoisotopic (exact) mass is 466 g/mol. The first-order valence-electron chi connectivity index (χ1n) is 10.5. The van der Waals surface area contributed by atoms with E-state index in [0.29, 0.717) is 30.2 Å². The molecule has 32 heavy (non-hydrogen) atoms. The molecule has 166 valence electrons. The molecule has 1 aromatic heterocycles. The molecule has 1 saturated heterocycles. The van der Waals surface area contributed by atoms with Gasteiger partial charge in [-0.3, -0.25) is 9.59 Å². The quantitative estimate of drug-likeness (QED) is 0.575. The Morgan fingerprint density at radius 1 is 1.16 bits per heavy atom. The van der Waals surface area contributed by atoms with Crippen LogP contribution in [-0.4, -0.2) is 60.0 Å². The summed E-state index contributed by atoms with van der Waals surface area (Å²) in [5, 5.41) is 6.02. The van der Waals surface area contributed by atoms with Crippen molar-refractivity contribution >= 4 is 40.6 Å². The van der Waals surface area contributed by atoms with E-state index in [0.717, 1.165) is 22.0 Å². The van der Waals surface area contributed by atoms with Crippen molar-refractivity contribution in [2.45, 2.75) is 12.5 Å². The number of carbonyl (C=O) groups is 2. The highest BCUT2D eigenvalue weighted by molar-refractivity contribution is 7.99. The van der Waals surface area contributed by atoms with E-state index in [1.807, 2.05) is 72.9 Å². The Morgan fingerprint density at radius 2 is 1.97 bits per heavy atom. The highest BCUT2D eigenvalue weighted by atomic mass is 32.2. The van der Waals surface area contributed by atoms with Gasteiger partial charge in [0.25, 0.3) is 5.91 Å². The number of nitrogens with one attached hydrogen (secondary N) is 1. The first-order chi connectivity index (χ1) is 15.5. The van der Waals surface area contributed by atoms with Gasteiger partial charge in [0, 0.05) is 55.0 Å². The number of amides is 2. The van der Waals surface area contributed by atoms with Gasteiger partial charge in [0.2, 0.25) is 5.91 Å². The predicted octanol–water partition coefficient (Wildman–Crippen LogP) is 3.75. The smallest absolute Gasteiger partial charge is 0.255 e. The number of carbonyl (C=O) groups excluding carboxylic acids is 2. The Balaban J connectivity index is 1.33. The molecule has 0 aliphatic carbocycles. The summed E-state index contributed by atoms with van der Waals surface area (Å²) in [6.45, 7) is 0.496. The van der Waals surface area contributed by atoms with E-state index in [9.17, 15) is 9.59 Å². The second-order valence-corrected chi connectivity index (χ2v) is 9.64. The van der Waals surface area contributed by atoms with Crippen LogP contribution in [0.1, 0.15) is 16.1 Å². The highest BCUT2D eigenvalue weighted by Gasteiger charge is 2.35. The number of benzene rings is 2. The molecule has 1 atom stereocenters. The second kappa shape index (κ2) is 10.2. The number of thioether (sulfide) groups is 1. The lowest BCUT2D eigenvalue weighted by Crippen LogP contribution is -2.47. The van der Waals surface area contributed by atoms with Gasteiger partial charge in [0.15, 0.2) is 0 Å². The van der Waals surface area contributed by atoms with Crippen LogP contribution in [0, 0.1) is 0 Å². The second-order valence-electron chi connectivity index (χ2n) is 7.79. The Bertz CT molecular complexity index is 1080. The molecule has 1 N–H and O–H groups in total. The van der Waals surface area contributed by atoms with Crippen LogP contribution in [0.4, 0.5) is 5.69 Å². The number of nitrogens with zero attached hydrogens (tertiary/aromatic N) is 3. The van der Waals surface area contributed by atoms with Crippen molar-refractivity contribution < 1.29 is 9.59 Å². The minimum absolute atomic E-state index is 0.106. The summed E-state index contributed by atoms with van der Waals surface area (Å²) < 4.78 is 0. The van der Waals surface area contributed by atoms with E-state index in [1.165, 1.54) is 0 Å².